The Labute approximate surface area is 128 Å². The molecule has 0 aliphatic rings. The van der Waals surface area contributed by atoms with Gasteiger partial charge in [-0.25, -0.2) is 4.39 Å². The molecule has 0 radical (unpaired) electrons. The number of nitrogens with zero attached hydrogens (tertiary/aromatic N) is 1. The summed E-state index contributed by atoms with van der Waals surface area (Å²) in [5.74, 6) is -0.694. The van der Waals surface area contributed by atoms with Gasteiger partial charge < -0.3 is 10.6 Å². The predicted octanol–water partition coefficient (Wildman–Crippen LogP) is 3.72. The molecule has 2 aromatic rings. The van der Waals surface area contributed by atoms with Gasteiger partial charge in [0.15, 0.2) is 0 Å². The highest BCUT2D eigenvalue weighted by Gasteiger charge is 2.17. The third kappa shape index (κ3) is 3.73. The average Bonchev–Trinajstić information content (AvgIpc) is 2.44. The maximum absolute atomic E-state index is 13.1. The van der Waals surface area contributed by atoms with Gasteiger partial charge in [0.1, 0.15) is 5.82 Å². The molecule has 21 heavy (non-hydrogen) atoms. The van der Waals surface area contributed by atoms with Crippen molar-refractivity contribution in [2.45, 2.75) is 13.5 Å². The molecule has 1 amide bonds. The molecule has 0 spiro atoms. The third-order valence-electron chi connectivity index (χ3n) is 3.15. The van der Waals surface area contributed by atoms with E-state index in [9.17, 15) is 9.18 Å². The number of rotatable bonds is 4. The zero-order valence-corrected chi connectivity index (χ0v) is 12.4. The molecule has 2 aromatic carbocycles. The van der Waals surface area contributed by atoms with Crippen molar-refractivity contribution in [2.24, 2.45) is 0 Å². The minimum Gasteiger partial charge on any atom is -0.399 e. The number of nitrogen functional groups attached to an aromatic ring is 1. The SMILES string of the molecule is CCN(Cc1cccc(N)c1)C(=O)c1ccc(F)cc1Cl. The van der Waals surface area contributed by atoms with E-state index in [0.29, 0.717) is 24.3 Å². The van der Waals surface area contributed by atoms with Gasteiger partial charge in [-0.15, -0.1) is 0 Å². The summed E-state index contributed by atoms with van der Waals surface area (Å²) in [5, 5.41) is 0.117. The first-order valence-electron chi connectivity index (χ1n) is 6.60. The van der Waals surface area contributed by atoms with Crippen LogP contribution in [0.5, 0.6) is 0 Å². The molecule has 2 N–H and O–H groups in total. The normalized spacial score (nSPS) is 10.4. The molecule has 0 fully saturated rings. The van der Waals surface area contributed by atoms with E-state index in [1.807, 2.05) is 25.1 Å². The lowest BCUT2D eigenvalue weighted by Gasteiger charge is -2.21. The van der Waals surface area contributed by atoms with E-state index in [-0.39, 0.29) is 10.9 Å². The van der Waals surface area contributed by atoms with E-state index in [1.165, 1.54) is 12.1 Å². The molecule has 0 bridgehead atoms. The number of benzene rings is 2. The lowest BCUT2D eigenvalue weighted by atomic mass is 10.1. The lowest BCUT2D eigenvalue weighted by molar-refractivity contribution is 0.0752. The van der Waals surface area contributed by atoms with Gasteiger partial charge in [-0.3, -0.25) is 4.79 Å². The second-order valence-electron chi connectivity index (χ2n) is 4.69. The molecule has 0 aliphatic heterocycles. The van der Waals surface area contributed by atoms with E-state index in [0.717, 1.165) is 11.6 Å². The van der Waals surface area contributed by atoms with Gasteiger partial charge in [-0.05, 0) is 42.8 Å². The van der Waals surface area contributed by atoms with Crippen LogP contribution in [-0.2, 0) is 6.54 Å². The maximum atomic E-state index is 13.1. The second kappa shape index (κ2) is 6.59. The van der Waals surface area contributed by atoms with Crippen LogP contribution < -0.4 is 5.73 Å². The summed E-state index contributed by atoms with van der Waals surface area (Å²) in [7, 11) is 0. The van der Waals surface area contributed by atoms with Gasteiger partial charge in [0.05, 0.1) is 10.6 Å². The molecule has 110 valence electrons. The molecular weight excluding hydrogens is 291 g/mol. The van der Waals surface area contributed by atoms with Crippen molar-refractivity contribution in [1.82, 2.24) is 4.90 Å². The van der Waals surface area contributed by atoms with Crippen LogP contribution in [0.15, 0.2) is 42.5 Å². The number of amides is 1. The minimum atomic E-state index is -0.463. The number of carbonyl (C=O) groups is 1. The van der Waals surface area contributed by atoms with E-state index in [1.54, 1.807) is 11.0 Å². The number of halogens is 2. The number of hydrogen-bond donors (Lipinski definition) is 1. The maximum Gasteiger partial charge on any atom is 0.255 e. The van der Waals surface area contributed by atoms with Crippen LogP contribution in [0.2, 0.25) is 5.02 Å². The van der Waals surface area contributed by atoms with Gasteiger partial charge in [0.25, 0.3) is 5.91 Å². The van der Waals surface area contributed by atoms with Crippen molar-refractivity contribution in [3.8, 4) is 0 Å². The van der Waals surface area contributed by atoms with Crippen LogP contribution in [0.1, 0.15) is 22.8 Å². The first kappa shape index (κ1) is 15.3. The Morgan fingerprint density at radius 3 is 2.67 bits per heavy atom. The molecule has 0 saturated carbocycles. The molecule has 2 rings (SSSR count). The van der Waals surface area contributed by atoms with Crippen LogP contribution in [0.4, 0.5) is 10.1 Å². The lowest BCUT2D eigenvalue weighted by Crippen LogP contribution is -2.30. The van der Waals surface area contributed by atoms with Gasteiger partial charge in [0, 0.05) is 18.8 Å². The zero-order valence-electron chi connectivity index (χ0n) is 11.6. The molecule has 0 aromatic heterocycles. The monoisotopic (exact) mass is 306 g/mol. The quantitative estimate of drug-likeness (QED) is 0.875. The number of nitrogens with two attached hydrogens (primary N) is 1. The Kier molecular flexibility index (Phi) is 4.81. The smallest absolute Gasteiger partial charge is 0.255 e. The Bertz CT molecular complexity index is 660. The summed E-state index contributed by atoms with van der Waals surface area (Å²) in [4.78, 5) is 14.1. The second-order valence-corrected chi connectivity index (χ2v) is 5.10. The first-order chi connectivity index (χ1) is 10.0. The highest BCUT2D eigenvalue weighted by Crippen LogP contribution is 2.20. The van der Waals surface area contributed by atoms with Crippen LogP contribution in [0.3, 0.4) is 0 Å². The first-order valence-corrected chi connectivity index (χ1v) is 6.97. The predicted molar refractivity (Wildman–Crippen MR) is 82.7 cm³/mol. The van der Waals surface area contributed by atoms with Crippen molar-refractivity contribution in [1.29, 1.82) is 0 Å². The Balaban J connectivity index is 2.22. The Hall–Kier alpha value is -2.07. The largest absolute Gasteiger partial charge is 0.399 e. The molecule has 0 atom stereocenters. The van der Waals surface area contributed by atoms with Gasteiger partial charge in [0.2, 0.25) is 0 Å². The van der Waals surface area contributed by atoms with Gasteiger partial charge in [-0.1, -0.05) is 23.7 Å². The Morgan fingerprint density at radius 2 is 2.05 bits per heavy atom. The average molecular weight is 307 g/mol. The summed E-state index contributed by atoms with van der Waals surface area (Å²) in [6.07, 6.45) is 0. The molecular formula is C16H16ClFN2O. The number of hydrogen-bond acceptors (Lipinski definition) is 2. The molecule has 0 aliphatic carbocycles. The summed E-state index contributed by atoms with van der Waals surface area (Å²) in [6.45, 7) is 2.82. The van der Waals surface area contributed by atoms with Gasteiger partial charge >= 0.3 is 0 Å². The number of anilines is 1. The van der Waals surface area contributed by atoms with Gasteiger partial charge in [-0.2, -0.15) is 0 Å². The van der Waals surface area contributed by atoms with Crippen molar-refractivity contribution < 1.29 is 9.18 Å². The summed E-state index contributed by atoms with van der Waals surface area (Å²) in [6, 6.07) is 11.1. The number of carbonyl (C=O) groups excluding carboxylic acids is 1. The standard InChI is InChI=1S/C16H16ClFN2O/c1-2-20(10-11-4-3-5-13(19)8-11)16(21)14-7-6-12(18)9-15(14)17/h3-9H,2,10,19H2,1H3. The third-order valence-corrected chi connectivity index (χ3v) is 3.47. The molecule has 5 heteroatoms. The summed E-state index contributed by atoms with van der Waals surface area (Å²) >= 11 is 5.95. The van der Waals surface area contributed by atoms with Crippen molar-refractivity contribution in [3.63, 3.8) is 0 Å². The highest BCUT2D eigenvalue weighted by molar-refractivity contribution is 6.33. The Morgan fingerprint density at radius 1 is 1.29 bits per heavy atom. The summed E-state index contributed by atoms with van der Waals surface area (Å²) in [5.41, 5.74) is 7.62. The summed E-state index contributed by atoms with van der Waals surface area (Å²) < 4.78 is 13.1. The van der Waals surface area contributed by atoms with Crippen molar-refractivity contribution >= 4 is 23.2 Å². The molecule has 0 unspecified atom stereocenters. The van der Waals surface area contributed by atoms with Crippen LogP contribution in [0, 0.1) is 5.82 Å². The molecule has 0 saturated heterocycles. The van der Waals surface area contributed by atoms with E-state index < -0.39 is 5.82 Å². The topological polar surface area (TPSA) is 46.3 Å². The van der Waals surface area contributed by atoms with E-state index in [2.05, 4.69) is 0 Å². The van der Waals surface area contributed by atoms with Crippen molar-refractivity contribution in [3.05, 3.63) is 64.4 Å². The van der Waals surface area contributed by atoms with Crippen LogP contribution in [-0.4, -0.2) is 17.4 Å². The fourth-order valence-corrected chi connectivity index (χ4v) is 2.32. The van der Waals surface area contributed by atoms with E-state index >= 15 is 0 Å². The molecule has 3 nitrogen and oxygen atoms in total. The fraction of sp³-hybridized carbons (Fsp3) is 0.188. The van der Waals surface area contributed by atoms with Crippen molar-refractivity contribution in [2.75, 3.05) is 12.3 Å². The minimum absolute atomic E-state index is 0.117. The fourth-order valence-electron chi connectivity index (χ4n) is 2.07. The highest BCUT2D eigenvalue weighted by atomic mass is 35.5. The zero-order chi connectivity index (χ0) is 15.4. The van der Waals surface area contributed by atoms with Crippen LogP contribution in [0.25, 0.3) is 0 Å². The van der Waals surface area contributed by atoms with Crippen LogP contribution >= 0.6 is 11.6 Å². The van der Waals surface area contributed by atoms with E-state index in [4.69, 9.17) is 17.3 Å². The molecule has 0 heterocycles.